The van der Waals surface area contributed by atoms with Crippen LogP contribution in [0.25, 0.3) is 0 Å². The highest BCUT2D eigenvalue weighted by atomic mass is 16.5. The molecule has 0 heterocycles. The van der Waals surface area contributed by atoms with Gasteiger partial charge in [0.05, 0.1) is 14.2 Å². The van der Waals surface area contributed by atoms with E-state index in [1.165, 1.54) is 0 Å². The lowest BCUT2D eigenvalue weighted by atomic mass is 9.97. The fourth-order valence-corrected chi connectivity index (χ4v) is 2.10. The lowest BCUT2D eigenvalue weighted by Crippen LogP contribution is -2.42. The van der Waals surface area contributed by atoms with Gasteiger partial charge >= 0.3 is 0 Å². The highest BCUT2D eigenvalue weighted by molar-refractivity contribution is 5.62. The molecule has 0 radical (unpaired) electrons. The summed E-state index contributed by atoms with van der Waals surface area (Å²) < 4.78 is 10.7. The fourth-order valence-electron chi connectivity index (χ4n) is 2.10. The van der Waals surface area contributed by atoms with Crippen LogP contribution >= 0.6 is 0 Å². The smallest absolute Gasteiger partial charge is 0.162 e. The Bertz CT molecular complexity index is 430. The van der Waals surface area contributed by atoms with Gasteiger partial charge in [0.15, 0.2) is 11.5 Å². The quantitative estimate of drug-likeness (QED) is 0.860. The Kier molecular flexibility index (Phi) is 5.06. The number of hydrogen-bond acceptors (Lipinski definition) is 4. The van der Waals surface area contributed by atoms with E-state index >= 15 is 0 Å². The molecule has 4 nitrogen and oxygen atoms in total. The van der Waals surface area contributed by atoms with Gasteiger partial charge in [0.1, 0.15) is 0 Å². The van der Waals surface area contributed by atoms with E-state index in [1.807, 2.05) is 26.1 Å². The Balaban J connectivity index is 3.20. The first-order chi connectivity index (χ1) is 8.87. The van der Waals surface area contributed by atoms with E-state index in [-0.39, 0.29) is 12.1 Å². The molecule has 0 aliphatic heterocycles. The molecule has 0 aliphatic carbocycles. The summed E-state index contributed by atoms with van der Waals surface area (Å²) in [7, 11) is 5.30. The Morgan fingerprint density at radius 2 is 1.68 bits per heavy atom. The zero-order valence-electron chi connectivity index (χ0n) is 12.8. The minimum Gasteiger partial charge on any atom is -0.493 e. The number of anilines is 1. The third-order valence-electron chi connectivity index (χ3n) is 3.70. The van der Waals surface area contributed by atoms with Crippen LogP contribution in [0.4, 0.5) is 5.69 Å². The minimum atomic E-state index is -0.126. The van der Waals surface area contributed by atoms with Crippen molar-refractivity contribution in [2.45, 2.75) is 32.7 Å². The van der Waals surface area contributed by atoms with Gasteiger partial charge < -0.3 is 19.5 Å². The maximum absolute atomic E-state index is 9.18. The first-order valence-corrected chi connectivity index (χ1v) is 6.44. The van der Waals surface area contributed by atoms with Crippen molar-refractivity contribution in [3.8, 4) is 11.5 Å². The molecule has 0 atom stereocenters. The topological polar surface area (TPSA) is 41.9 Å². The van der Waals surface area contributed by atoms with E-state index < -0.39 is 0 Å². The first kappa shape index (κ1) is 15.6. The predicted molar refractivity (Wildman–Crippen MR) is 78.5 cm³/mol. The van der Waals surface area contributed by atoms with E-state index in [0.29, 0.717) is 6.42 Å². The number of rotatable bonds is 6. The van der Waals surface area contributed by atoms with Crippen molar-refractivity contribution < 1.29 is 14.6 Å². The molecule has 1 N–H and O–H groups in total. The van der Waals surface area contributed by atoms with Crippen LogP contribution in [0, 0.1) is 6.92 Å². The maximum Gasteiger partial charge on any atom is 0.162 e. The highest BCUT2D eigenvalue weighted by Crippen LogP contribution is 2.37. The van der Waals surface area contributed by atoms with Crippen LogP contribution in [-0.4, -0.2) is 38.5 Å². The number of ether oxygens (including phenoxy) is 2. The Morgan fingerprint density at radius 3 is 2.16 bits per heavy atom. The van der Waals surface area contributed by atoms with Crippen molar-refractivity contribution in [1.29, 1.82) is 0 Å². The standard InChI is InChI=1S/C15H25NO3/c1-11-9-13(18-5)14(19-6)10-12(11)16(4)15(2,3)7-8-17/h9-10,17H,7-8H2,1-6H3. The Hall–Kier alpha value is -1.42. The van der Waals surface area contributed by atoms with Crippen LogP contribution in [0.15, 0.2) is 12.1 Å². The predicted octanol–water partition coefficient (Wildman–Crippen LogP) is 2.61. The van der Waals surface area contributed by atoms with Crippen LogP contribution in [0.5, 0.6) is 11.5 Å². The number of nitrogens with zero attached hydrogens (tertiary/aromatic N) is 1. The van der Waals surface area contributed by atoms with Crippen LogP contribution in [0.1, 0.15) is 25.8 Å². The summed E-state index contributed by atoms with van der Waals surface area (Å²) >= 11 is 0. The Morgan fingerprint density at radius 1 is 1.16 bits per heavy atom. The van der Waals surface area contributed by atoms with Crippen LogP contribution < -0.4 is 14.4 Å². The van der Waals surface area contributed by atoms with Crippen molar-refractivity contribution in [3.05, 3.63) is 17.7 Å². The van der Waals surface area contributed by atoms with Crippen molar-refractivity contribution in [2.75, 3.05) is 32.8 Å². The van der Waals surface area contributed by atoms with Crippen LogP contribution in [0.3, 0.4) is 0 Å². The molecule has 19 heavy (non-hydrogen) atoms. The summed E-state index contributed by atoms with van der Waals surface area (Å²) in [6, 6.07) is 3.95. The van der Waals surface area contributed by atoms with E-state index in [1.54, 1.807) is 14.2 Å². The van der Waals surface area contributed by atoms with Gasteiger partial charge in [0.2, 0.25) is 0 Å². The lowest BCUT2D eigenvalue weighted by Gasteiger charge is -2.38. The zero-order valence-corrected chi connectivity index (χ0v) is 12.8. The lowest BCUT2D eigenvalue weighted by molar-refractivity contribution is 0.250. The molecule has 0 aromatic heterocycles. The van der Waals surface area contributed by atoms with Gasteiger partial charge in [-0.25, -0.2) is 0 Å². The van der Waals surface area contributed by atoms with E-state index in [0.717, 1.165) is 22.7 Å². The minimum absolute atomic E-state index is 0.126. The molecule has 0 aliphatic rings. The van der Waals surface area contributed by atoms with E-state index in [9.17, 15) is 5.11 Å². The van der Waals surface area contributed by atoms with Gasteiger partial charge in [-0.1, -0.05) is 0 Å². The normalized spacial score (nSPS) is 11.3. The molecule has 1 rings (SSSR count). The second-order valence-corrected chi connectivity index (χ2v) is 5.34. The number of aryl methyl sites for hydroxylation is 1. The molecule has 0 fully saturated rings. The molecule has 0 unspecified atom stereocenters. The van der Waals surface area contributed by atoms with E-state index in [2.05, 4.69) is 18.7 Å². The average molecular weight is 267 g/mol. The van der Waals surface area contributed by atoms with Gasteiger partial charge in [0, 0.05) is 30.9 Å². The number of methoxy groups -OCH3 is 2. The SMILES string of the molecule is COc1cc(C)c(N(C)C(C)(C)CCO)cc1OC. The Labute approximate surface area is 115 Å². The highest BCUT2D eigenvalue weighted by Gasteiger charge is 2.25. The molecule has 0 spiro atoms. The summed E-state index contributed by atoms with van der Waals surface area (Å²) in [4.78, 5) is 2.17. The third-order valence-corrected chi connectivity index (χ3v) is 3.70. The molecule has 0 amide bonds. The van der Waals surface area contributed by atoms with Gasteiger partial charge in [-0.05, 0) is 38.8 Å². The zero-order chi connectivity index (χ0) is 14.6. The van der Waals surface area contributed by atoms with Crippen molar-refractivity contribution in [2.24, 2.45) is 0 Å². The molecule has 0 bridgehead atoms. The molecule has 0 saturated carbocycles. The number of aliphatic hydroxyl groups excluding tert-OH is 1. The number of benzene rings is 1. The molecule has 1 aromatic rings. The first-order valence-electron chi connectivity index (χ1n) is 6.44. The molecular formula is C15H25NO3. The number of aliphatic hydroxyl groups is 1. The average Bonchev–Trinajstić information content (AvgIpc) is 2.37. The molecule has 0 saturated heterocycles. The number of hydrogen-bond donors (Lipinski definition) is 1. The monoisotopic (exact) mass is 267 g/mol. The fraction of sp³-hybridized carbons (Fsp3) is 0.600. The largest absolute Gasteiger partial charge is 0.493 e. The second-order valence-electron chi connectivity index (χ2n) is 5.34. The summed E-state index contributed by atoms with van der Waals surface area (Å²) in [5, 5.41) is 9.18. The maximum atomic E-state index is 9.18. The van der Waals surface area contributed by atoms with Gasteiger partial charge in [-0.15, -0.1) is 0 Å². The molecule has 1 aromatic carbocycles. The summed E-state index contributed by atoms with van der Waals surface area (Å²) in [5.74, 6) is 1.45. The third kappa shape index (κ3) is 3.32. The van der Waals surface area contributed by atoms with E-state index in [4.69, 9.17) is 9.47 Å². The van der Waals surface area contributed by atoms with Crippen molar-refractivity contribution >= 4 is 5.69 Å². The summed E-state index contributed by atoms with van der Waals surface area (Å²) in [5.41, 5.74) is 2.07. The second kappa shape index (κ2) is 6.15. The summed E-state index contributed by atoms with van der Waals surface area (Å²) in [6.07, 6.45) is 0.706. The van der Waals surface area contributed by atoms with Gasteiger partial charge in [0.25, 0.3) is 0 Å². The molecule has 4 heteroatoms. The van der Waals surface area contributed by atoms with Crippen LogP contribution in [0.2, 0.25) is 0 Å². The molecular weight excluding hydrogens is 242 g/mol. The van der Waals surface area contributed by atoms with Crippen molar-refractivity contribution in [1.82, 2.24) is 0 Å². The van der Waals surface area contributed by atoms with Gasteiger partial charge in [-0.2, -0.15) is 0 Å². The van der Waals surface area contributed by atoms with Crippen molar-refractivity contribution in [3.63, 3.8) is 0 Å². The van der Waals surface area contributed by atoms with Crippen LogP contribution in [-0.2, 0) is 0 Å². The summed E-state index contributed by atoms with van der Waals surface area (Å²) in [6.45, 7) is 6.44. The molecule has 108 valence electrons. The van der Waals surface area contributed by atoms with Gasteiger partial charge in [-0.3, -0.25) is 0 Å².